The van der Waals surface area contributed by atoms with E-state index in [-0.39, 0.29) is 10.6 Å². The molecule has 4 aromatic rings. The molecule has 0 amide bonds. The van der Waals surface area contributed by atoms with Crippen LogP contribution in [0.15, 0.2) is 83.9 Å². The van der Waals surface area contributed by atoms with E-state index < -0.39 is 9.84 Å². The van der Waals surface area contributed by atoms with E-state index in [1.54, 1.807) is 37.4 Å². The van der Waals surface area contributed by atoms with Crippen molar-refractivity contribution >= 4 is 32.2 Å². The molecule has 0 atom stereocenters. The van der Waals surface area contributed by atoms with E-state index in [9.17, 15) is 8.42 Å². The Labute approximate surface area is 164 Å². The second-order valence-electron chi connectivity index (χ2n) is 6.32. The van der Waals surface area contributed by atoms with Crippen molar-refractivity contribution in [2.75, 3.05) is 11.1 Å². The van der Waals surface area contributed by atoms with Crippen molar-refractivity contribution in [2.45, 2.75) is 11.8 Å². The van der Waals surface area contributed by atoms with E-state index in [2.05, 4.69) is 15.3 Å². The van der Waals surface area contributed by atoms with Gasteiger partial charge in [0, 0.05) is 22.8 Å². The molecule has 6 heteroatoms. The molecule has 0 fully saturated rings. The second-order valence-corrected chi connectivity index (χ2v) is 8.56. The molecule has 28 heavy (non-hydrogen) atoms. The van der Waals surface area contributed by atoms with Crippen molar-refractivity contribution in [2.24, 2.45) is 0 Å². The largest absolute Gasteiger partial charge is 0.324 e. The number of hydrogen-bond acceptors (Lipinski definition) is 5. The normalized spacial score (nSPS) is 11.5. The van der Waals surface area contributed by atoms with Crippen LogP contribution >= 0.6 is 0 Å². The molecule has 5 nitrogen and oxygen atoms in total. The third-order valence-corrected chi connectivity index (χ3v) is 6.36. The van der Waals surface area contributed by atoms with Crippen molar-refractivity contribution in [3.63, 3.8) is 0 Å². The van der Waals surface area contributed by atoms with Crippen LogP contribution in [0.4, 0.5) is 11.6 Å². The quantitative estimate of drug-likeness (QED) is 0.529. The van der Waals surface area contributed by atoms with Crippen molar-refractivity contribution in [1.29, 1.82) is 0 Å². The number of aromatic nitrogens is 2. The zero-order valence-electron chi connectivity index (χ0n) is 15.3. The van der Waals surface area contributed by atoms with Gasteiger partial charge in [0.15, 0.2) is 9.84 Å². The lowest BCUT2D eigenvalue weighted by molar-refractivity contribution is 0.597. The lowest BCUT2D eigenvalue weighted by Crippen LogP contribution is -2.06. The Morgan fingerprint density at radius 3 is 2.50 bits per heavy atom. The van der Waals surface area contributed by atoms with Gasteiger partial charge in [-0.3, -0.25) is 0 Å². The summed E-state index contributed by atoms with van der Waals surface area (Å²) >= 11 is 0. The molecular weight excluding hydrogens is 370 g/mol. The predicted molar refractivity (Wildman–Crippen MR) is 112 cm³/mol. The van der Waals surface area contributed by atoms with Crippen LogP contribution in [0.3, 0.4) is 0 Å². The van der Waals surface area contributed by atoms with Crippen LogP contribution in [0.25, 0.3) is 22.0 Å². The molecule has 4 rings (SSSR count). The molecule has 140 valence electrons. The Hall–Kier alpha value is -3.25. The average molecular weight is 389 g/mol. The van der Waals surface area contributed by atoms with Crippen molar-refractivity contribution in [3.05, 3.63) is 79.0 Å². The molecule has 0 aliphatic carbocycles. The smallest absolute Gasteiger partial charge is 0.227 e. The van der Waals surface area contributed by atoms with Gasteiger partial charge in [0.2, 0.25) is 5.95 Å². The van der Waals surface area contributed by atoms with Crippen molar-refractivity contribution in [1.82, 2.24) is 9.97 Å². The number of fused-ring (bicyclic) bond motifs is 1. The molecule has 3 aromatic carbocycles. The molecule has 0 unspecified atom stereocenters. The Bertz CT molecular complexity index is 1250. The minimum atomic E-state index is -3.36. The molecule has 0 bridgehead atoms. The fourth-order valence-corrected chi connectivity index (χ4v) is 4.23. The summed E-state index contributed by atoms with van der Waals surface area (Å²) in [7, 11) is -3.36. The van der Waals surface area contributed by atoms with Gasteiger partial charge in [-0.1, -0.05) is 61.5 Å². The topological polar surface area (TPSA) is 72.0 Å². The molecule has 1 N–H and O–H groups in total. The minimum absolute atomic E-state index is 0.0379. The van der Waals surface area contributed by atoms with Gasteiger partial charge in [-0.2, -0.15) is 0 Å². The lowest BCUT2D eigenvalue weighted by Gasteiger charge is -2.11. The van der Waals surface area contributed by atoms with E-state index in [1.165, 1.54) is 0 Å². The molecule has 0 aliphatic heterocycles. The Morgan fingerprint density at radius 2 is 1.64 bits per heavy atom. The van der Waals surface area contributed by atoms with E-state index in [4.69, 9.17) is 0 Å². The first-order valence-electron chi connectivity index (χ1n) is 8.98. The van der Waals surface area contributed by atoms with Gasteiger partial charge < -0.3 is 5.32 Å². The van der Waals surface area contributed by atoms with Gasteiger partial charge in [0.05, 0.1) is 16.3 Å². The van der Waals surface area contributed by atoms with Crippen LogP contribution < -0.4 is 5.32 Å². The number of rotatable bonds is 5. The summed E-state index contributed by atoms with van der Waals surface area (Å²) in [6, 6.07) is 22.7. The van der Waals surface area contributed by atoms with Crippen LogP contribution in [0.1, 0.15) is 6.92 Å². The third-order valence-electron chi connectivity index (χ3n) is 4.57. The van der Waals surface area contributed by atoms with Gasteiger partial charge in [-0.15, -0.1) is 0 Å². The lowest BCUT2D eigenvalue weighted by atomic mass is 10.1. The Balaban J connectivity index is 1.76. The minimum Gasteiger partial charge on any atom is -0.324 e. The zero-order valence-corrected chi connectivity index (χ0v) is 16.1. The van der Waals surface area contributed by atoms with E-state index in [1.807, 2.05) is 48.5 Å². The highest BCUT2D eigenvalue weighted by molar-refractivity contribution is 7.91. The maximum atomic E-state index is 12.5. The summed E-state index contributed by atoms with van der Waals surface area (Å²) < 4.78 is 24.9. The number of hydrogen-bond donors (Lipinski definition) is 1. The molecular formula is C22H19N3O2S. The second kappa shape index (κ2) is 7.40. The van der Waals surface area contributed by atoms with E-state index >= 15 is 0 Å². The van der Waals surface area contributed by atoms with Gasteiger partial charge in [0.1, 0.15) is 0 Å². The summed E-state index contributed by atoms with van der Waals surface area (Å²) in [6.45, 7) is 1.64. The fourth-order valence-electron chi connectivity index (χ4n) is 3.13. The van der Waals surface area contributed by atoms with Crippen LogP contribution in [0.2, 0.25) is 0 Å². The number of sulfone groups is 1. The zero-order chi connectivity index (χ0) is 19.6. The molecule has 0 saturated carbocycles. The summed E-state index contributed by atoms with van der Waals surface area (Å²) in [5.74, 6) is 0.452. The van der Waals surface area contributed by atoms with Gasteiger partial charge in [0.25, 0.3) is 0 Å². The predicted octanol–water partition coefficient (Wildman–Crippen LogP) is 4.83. The number of nitrogens with one attached hydrogen (secondary N) is 1. The first-order valence-corrected chi connectivity index (χ1v) is 10.6. The molecule has 0 aliphatic rings. The molecule has 0 spiro atoms. The molecule has 0 radical (unpaired) electrons. The maximum absolute atomic E-state index is 12.5. The Kier molecular flexibility index (Phi) is 4.79. The van der Waals surface area contributed by atoms with Crippen LogP contribution in [0.5, 0.6) is 0 Å². The molecule has 1 heterocycles. The van der Waals surface area contributed by atoms with Crippen LogP contribution in [0, 0.1) is 0 Å². The summed E-state index contributed by atoms with van der Waals surface area (Å²) in [5.41, 5.74) is 2.03. The van der Waals surface area contributed by atoms with Crippen LogP contribution in [-0.4, -0.2) is 24.1 Å². The highest BCUT2D eigenvalue weighted by Crippen LogP contribution is 2.29. The van der Waals surface area contributed by atoms with E-state index in [0.717, 1.165) is 16.5 Å². The highest BCUT2D eigenvalue weighted by Gasteiger charge is 2.18. The number of nitrogens with zero attached hydrogens (tertiary/aromatic N) is 2. The third kappa shape index (κ3) is 3.46. The highest BCUT2D eigenvalue weighted by atomic mass is 32.2. The fraction of sp³-hybridized carbons (Fsp3) is 0.0909. The first kappa shape index (κ1) is 18.1. The standard InChI is InChI=1S/C22H19N3O2S/c1-2-28(26,27)21-13-6-5-11-18(21)20-14-15-23-22(25-20)24-19-12-7-9-16-8-3-4-10-17(16)19/h3-15H,2H2,1H3,(H,23,24,25). The molecule has 0 saturated heterocycles. The average Bonchev–Trinajstić information content (AvgIpc) is 2.74. The monoisotopic (exact) mass is 389 g/mol. The Morgan fingerprint density at radius 1 is 0.893 bits per heavy atom. The first-order chi connectivity index (χ1) is 13.6. The summed E-state index contributed by atoms with van der Waals surface area (Å²) in [5, 5.41) is 5.43. The maximum Gasteiger partial charge on any atom is 0.227 e. The van der Waals surface area contributed by atoms with Crippen molar-refractivity contribution < 1.29 is 8.42 Å². The van der Waals surface area contributed by atoms with Crippen LogP contribution in [-0.2, 0) is 9.84 Å². The van der Waals surface area contributed by atoms with Gasteiger partial charge in [-0.25, -0.2) is 18.4 Å². The molecule has 1 aromatic heterocycles. The van der Waals surface area contributed by atoms with Crippen molar-refractivity contribution in [3.8, 4) is 11.3 Å². The number of benzene rings is 3. The van der Waals surface area contributed by atoms with Gasteiger partial charge >= 0.3 is 0 Å². The SMILES string of the molecule is CCS(=O)(=O)c1ccccc1-c1ccnc(Nc2cccc3ccccc23)n1. The van der Waals surface area contributed by atoms with Gasteiger partial charge in [-0.05, 0) is 23.6 Å². The summed E-state index contributed by atoms with van der Waals surface area (Å²) in [6.07, 6.45) is 1.63. The van der Waals surface area contributed by atoms with E-state index in [0.29, 0.717) is 17.2 Å². The summed E-state index contributed by atoms with van der Waals surface area (Å²) in [4.78, 5) is 9.16. The number of anilines is 2.